The summed E-state index contributed by atoms with van der Waals surface area (Å²) in [5, 5.41) is 3.36. The zero-order chi connectivity index (χ0) is 23.1. The lowest BCUT2D eigenvalue weighted by atomic mass is 10.1. The van der Waals surface area contributed by atoms with Crippen LogP contribution < -0.4 is 9.62 Å². The van der Waals surface area contributed by atoms with Crippen molar-refractivity contribution in [1.29, 1.82) is 0 Å². The van der Waals surface area contributed by atoms with Crippen molar-refractivity contribution in [3.8, 4) is 0 Å². The van der Waals surface area contributed by atoms with Crippen molar-refractivity contribution in [2.75, 3.05) is 15.9 Å². The highest BCUT2D eigenvalue weighted by Crippen LogP contribution is 2.24. The molecule has 0 unspecified atom stereocenters. The Labute approximate surface area is 195 Å². The lowest BCUT2D eigenvalue weighted by Crippen LogP contribution is -2.29. The van der Waals surface area contributed by atoms with Crippen LogP contribution in [0.1, 0.15) is 41.3 Å². The third-order valence-corrected chi connectivity index (χ3v) is 6.45. The second kappa shape index (κ2) is 10.7. The first kappa shape index (κ1) is 23.8. The maximum absolute atomic E-state index is 12.6. The quantitative estimate of drug-likeness (QED) is 0.423. The Balaban J connectivity index is 1.69. The van der Waals surface area contributed by atoms with Crippen molar-refractivity contribution in [3.05, 3.63) is 94.5 Å². The average Bonchev–Trinajstić information content (AvgIpc) is 2.76. The molecular weight excluding hydrogens is 444 g/mol. The maximum atomic E-state index is 12.6. The normalized spacial score (nSPS) is 11.2. The predicted molar refractivity (Wildman–Crippen MR) is 132 cm³/mol. The summed E-state index contributed by atoms with van der Waals surface area (Å²) >= 11 is 6.03. The molecule has 3 aromatic rings. The van der Waals surface area contributed by atoms with Gasteiger partial charge < -0.3 is 5.32 Å². The fourth-order valence-electron chi connectivity index (χ4n) is 3.30. The van der Waals surface area contributed by atoms with E-state index in [0.717, 1.165) is 36.8 Å². The monoisotopic (exact) mass is 470 g/mol. The van der Waals surface area contributed by atoms with Crippen molar-refractivity contribution >= 4 is 38.9 Å². The molecule has 0 aliphatic rings. The number of unbranched alkanes of at least 4 members (excludes halogenated alkanes) is 1. The molecule has 1 amide bonds. The van der Waals surface area contributed by atoms with E-state index < -0.39 is 10.0 Å². The van der Waals surface area contributed by atoms with Crippen LogP contribution in [0.5, 0.6) is 0 Å². The van der Waals surface area contributed by atoms with E-state index in [-0.39, 0.29) is 12.5 Å². The number of hydrogen-bond acceptors (Lipinski definition) is 3. The highest BCUT2D eigenvalue weighted by molar-refractivity contribution is 7.92. The van der Waals surface area contributed by atoms with Crippen LogP contribution in [-0.2, 0) is 23.0 Å². The number of halogens is 1. The molecule has 0 radical (unpaired) electrons. The second-order valence-electron chi connectivity index (χ2n) is 7.70. The molecule has 168 valence electrons. The summed E-state index contributed by atoms with van der Waals surface area (Å²) < 4.78 is 25.9. The third kappa shape index (κ3) is 6.58. The largest absolute Gasteiger partial charge is 0.322 e. The molecule has 0 atom stereocenters. The van der Waals surface area contributed by atoms with Gasteiger partial charge >= 0.3 is 0 Å². The van der Waals surface area contributed by atoms with E-state index in [1.54, 1.807) is 48.5 Å². The number of anilines is 2. The molecule has 32 heavy (non-hydrogen) atoms. The van der Waals surface area contributed by atoms with E-state index in [1.807, 2.05) is 24.3 Å². The van der Waals surface area contributed by atoms with E-state index in [9.17, 15) is 13.2 Å². The molecule has 7 heteroatoms. The Hall–Kier alpha value is -2.83. The summed E-state index contributed by atoms with van der Waals surface area (Å²) in [5.74, 6) is -0.215. The first-order chi connectivity index (χ1) is 15.3. The minimum absolute atomic E-state index is 0.139. The van der Waals surface area contributed by atoms with Gasteiger partial charge in [-0.2, -0.15) is 0 Å². The van der Waals surface area contributed by atoms with Crippen LogP contribution in [0.25, 0.3) is 0 Å². The third-order valence-electron chi connectivity index (χ3n) is 5.07. The number of nitrogens with zero attached hydrogens (tertiary/aromatic N) is 1. The molecule has 3 rings (SSSR count). The molecule has 0 saturated heterocycles. The number of aryl methyl sites for hydroxylation is 1. The predicted octanol–water partition coefficient (Wildman–Crippen LogP) is 5.90. The second-order valence-corrected chi connectivity index (χ2v) is 10.0. The van der Waals surface area contributed by atoms with E-state index >= 15 is 0 Å². The van der Waals surface area contributed by atoms with E-state index in [1.165, 1.54) is 9.87 Å². The number of rotatable bonds is 9. The fraction of sp³-hybridized carbons (Fsp3) is 0.240. The summed E-state index contributed by atoms with van der Waals surface area (Å²) in [7, 11) is -3.51. The lowest BCUT2D eigenvalue weighted by Gasteiger charge is -2.22. The van der Waals surface area contributed by atoms with Crippen molar-refractivity contribution in [3.63, 3.8) is 0 Å². The number of carbonyl (C=O) groups is 1. The van der Waals surface area contributed by atoms with Gasteiger partial charge in [0.1, 0.15) is 0 Å². The Bertz CT molecular complexity index is 1160. The molecule has 0 fully saturated rings. The van der Waals surface area contributed by atoms with Gasteiger partial charge in [0.2, 0.25) is 10.0 Å². The van der Waals surface area contributed by atoms with Gasteiger partial charge in [-0.15, -0.1) is 0 Å². The summed E-state index contributed by atoms with van der Waals surface area (Å²) in [6.07, 6.45) is 4.48. The van der Waals surface area contributed by atoms with E-state index in [2.05, 4.69) is 12.2 Å². The number of amides is 1. The SMILES string of the molecule is CCCCc1ccc(NC(=O)c2ccc(CN(c3cccc(Cl)c3)S(C)(=O)=O)cc2)cc1. The Morgan fingerprint density at radius 3 is 2.22 bits per heavy atom. The highest BCUT2D eigenvalue weighted by atomic mass is 35.5. The molecular formula is C25H27ClN2O3S. The summed E-state index contributed by atoms with van der Waals surface area (Å²) in [6.45, 7) is 2.30. The van der Waals surface area contributed by atoms with E-state index in [4.69, 9.17) is 11.6 Å². The molecule has 0 spiro atoms. The molecule has 1 N–H and O–H groups in total. The Morgan fingerprint density at radius 1 is 0.969 bits per heavy atom. The van der Waals surface area contributed by atoms with Crippen LogP contribution in [0.4, 0.5) is 11.4 Å². The summed E-state index contributed by atoms with van der Waals surface area (Å²) in [5.41, 5.74) is 3.74. The van der Waals surface area contributed by atoms with Gasteiger partial charge in [0.05, 0.1) is 18.5 Å². The standard InChI is InChI=1S/C25H27ClN2O3S/c1-3-4-6-19-11-15-23(16-12-19)27-25(29)21-13-9-20(10-14-21)18-28(32(2,30)31)24-8-5-7-22(26)17-24/h5,7-17H,3-4,6,18H2,1-2H3,(H,27,29). The average molecular weight is 471 g/mol. The van der Waals surface area contributed by atoms with Gasteiger partial charge in [0, 0.05) is 16.3 Å². The molecule has 0 aromatic heterocycles. The minimum atomic E-state index is -3.51. The first-order valence-electron chi connectivity index (χ1n) is 10.5. The van der Waals surface area contributed by atoms with Gasteiger partial charge in [0.25, 0.3) is 5.91 Å². The van der Waals surface area contributed by atoms with Crippen molar-refractivity contribution in [1.82, 2.24) is 0 Å². The minimum Gasteiger partial charge on any atom is -0.322 e. The molecule has 5 nitrogen and oxygen atoms in total. The van der Waals surface area contributed by atoms with Crippen LogP contribution >= 0.6 is 11.6 Å². The molecule has 3 aromatic carbocycles. The smallest absolute Gasteiger partial charge is 0.255 e. The zero-order valence-electron chi connectivity index (χ0n) is 18.2. The highest BCUT2D eigenvalue weighted by Gasteiger charge is 2.18. The van der Waals surface area contributed by atoms with Gasteiger partial charge in [0.15, 0.2) is 0 Å². The van der Waals surface area contributed by atoms with Crippen LogP contribution in [-0.4, -0.2) is 20.6 Å². The Morgan fingerprint density at radius 2 is 1.62 bits per heavy atom. The molecule has 0 saturated carbocycles. The molecule has 0 aliphatic carbocycles. The van der Waals surface area contributed by atoms with Crippen LogP contribution in [0.3, 0.4) is 0 Å². The number of carbonyl (C=O) groups excluding carboxylic acids is 1. The zero-order valence-corrected chi connectivity index (χ0v) is 19.8. The van der Waals surface area contributed by atoms with Gasteiger partial charge in [-0.1, -0.05) is 55.3 Å². The molecule has 0 heterocycles. The molecule has 0 aliphatic heterocycles. The van der Waals surface area contributed by atoms with Crippen LogP contribution in [0, 0.1) is 0 Å². The van der Waals surface area contributed by atoms with Crippen molar-refractivity contribution in [2.45, 2.75) is 32.7 Å². The topological polar surface area (TPSA) is 66.5 Å². The van der Waals surface area contributed by atoms with E-state index in [0.29, 0.717) is 16.3 Å². The first-order valence-corrected chi connectivity index (χ1v) is 12.7. The summed E-state index contributed by atoms with van der Waals surface area (Å²) in [4.78, 5) is 12.6. The number of benzene rings is 3. The Kier molecular flexibility index (Phi) is 7.94. The number of nitrogens with one attached hydrogen (secondary N) is 1. The van der Waals surface area contributed by atoms with Crippen molar-refractivity contribution in [2.24, 2.45) is 0 Å². The number of hydrogen-bond donors (Lipinski definition) is 1. The van der Waals surface area contributed by atoms with Gasteiger partial charge in [-0.05, 0) is 66.4 Å². The van der Waals surface area contributed by atoms with Gasteiger partial charge in [-0.3, -0.25) is 9.10 Å². The van der Waals surface area contributed by atoms with Crippen molar-refractivity contribution < 1.29 is 13.2 Å². The lowest BCUT2D eigenvalue weighted by molar-refractivity contribution is 0.102. The summed E-state index contributed by atoms with van der Waals surface area (Å²) in [6, 6.07) is 21.5. The molecule has 0 bridgehead atoms. The fourth-order valence-corrected chi connectivity index (χ4v) is 4.36. The van der Waals surface area contributed by atoms with Crippen LogP contribution in [0.15, 0.2) is 72.8 Å². The van der Waals surface area contributed by atoms with Crippen LogP contribution in [0.2, 0.25) is 5.02 Å². The van der Waals surface area contributed by atoms with Gasteiger partial charge in [-0.25, -0.2) is 8.42 Å². The number of sulfonamides is 1. The maximum Gasteiger partial charge on any atom is 0.255 e.